The van der Waals surface area contributed by atoms with Crippen LogP contribution in [0.1, 0.15) is 6.42 Å². The maximum Gasteiger partial charge on any atom is 0.147 e. The van der Waals surface area contributed by atoms with Gasteiger partial charge < -0.3 is 4.90 Å². The first kappa shape index (κ1) is 14.5. The van der Waals surface area contributed by atoms with Crippen LogP contribution in [0.25, 0.3) is 0 Å². The Hall–Kier alpha value is -1.46. The van der Waals surface area contributed by atoms with Gasteiger partial charge in [-0.3, -0.25) is 0 Å². The number of sulfone groups is 1. The van der Waals surface area contributed by atoms with E-state index in [4.69, 9.17) is 0 Å². The molecule has 0 radical (unpaired) electrons. The topological polar surface area (TPSA) is 37.4 Å². The Labute approximate surface area is 129 Å². The highest BCUT2D eigenvalue weighted by molar-refractivity contribution is 7.99. The molecule has 0 unspecified atom stereocenters. The molecule has 0 amide bonds. The molecule has 3 rings (SSSR count). The van der Waals surface area contributed by atoms with Gasteiger partial charge in [0.05, 0.1) is 17.1 Å². The number of para-hydroxylation sites is 2. The zero-order chi connectivity index (χ0) is 14.9. The molecule has 2 aromatic rings. The quantitative estimate of drug-likeness (QED) is 0.860. The van der Waals surface area contributed by atoms with E-state index < -0.39 is 9.84 Å². The highest BCUT2D eigenvalue weighted by Gasteiger charge is 2.22. The summed E-state index contributed by atoms with van der Waals surface area (Å²) in [5, 5.41) is 0. The van der Waals surface area contributed by atoms with Gasteiger partial charge in [-0.25, -0.2) is 8.42 Å². The van der Waals surface area contributed by atoms with Crippen LogP contribution in [0.4, 0.5) is 11.4 Å². The summed E-state index contributed by atoms with van der Waals surface area (Å²) in [6.45, 7) is 0.710. The van der Waals surface area contributed by atoms with E-state index in [0.717, 1.165) is 11.4 Å². The van der Waals surface area contributed by atoms with E-state index in [-0.39, 0.29) is 5.75 Å². The lowest BCUT2D eigenvalue weighted by Crippen LogP contribution is -2.23. The van der Waals surface area contributed by atoms with Crippen molar-refractivity contribution in [2.75, 3.05) is 23.5 Å². The Balaban J connectivity index is 1.91. The first-order chi connectivity index (χ1) is 10.0. The van der Waals surface area contributed by atoms with E-state index in [1.165, 1.54) is 16.0 Å². The van der Waals surface area contributed by atoms with Crippen LogP contribution in [-0.2, 0) is 9.84 Å². The van der Waals surface area contributed by atoms with Gasteiger partial charge in [0, 0.05) is 22.6 Å². The molecular formula is C16H17NO2S2. The van der Waals surface area contributed by atoms with E-state index in [1.807, 2.05) is 24.3 Å². The predicted molar refractivity (Wildman–Crippen MR) is 88.3 cm³/mol. The van der Waals surface area contributed by atoms with Gasteiger partial charge in [-0.1, -0.05) is 36.0 Å². The normalized spacial score (nSPS) is 13.7. The summed E-state index contributed by atoms with van der Waals surface area (Å²) in [6, 6.07) is 16.5. The summed E-state index contributed by atoms with van der Waals surface area (Å²) in [5.74, 6) is 0.223. The van der Waals surface area contributed by atoms with Crippen LogP contribution in [0.2, 0.25) is 0 Å². The van der Waals surface area contributed by atoms with Gasteiger partial charge in [-0.05, 0) is 30.7 Å². The Morgan fingerprint density at radius 1 is 0.952 bits per heavy atom. The third kappa shape index (κ3) is 3.24. The number of rotatable bonds is 4. The third-order valence-corrected chi connectivity index (χ3v) is 5.59. The Morgan fingerprint density at radius 2 is 1.48 bits per heavy atom. The molecule has 0 aliphatic carbocycles. The molecule has 3 nitrogen and oxygen atoms in total. The van der Waals surface area contributed by atoms with Gasteiger partial charge in [0.2, 0.25) is 0 Å². The maximum atomic E-state index is 11.3. The lowest BCUT2D eigenvalue weighted by Gasteiger charge is -2.32. The number of fused-ring (bicyclic) bond motifs is 2. The molecule has 5 heteroatoms. The molecule has 0 aromatic heterocycles. The van der Waals surface area contributed by atoms with E-state index in [1.54, 1.807) is 11.8 Å². The van der Waals surface area contributed by atoms with Crippen molar-refractivity contribution >= 4 is 33.0 Å². The first-order valence-corrected chi connectivity index (χ1v) is 9.73. The summed E-state index contributed by atoms with van der Waals surface area (Å²) in [4.78, 5) is 4.66. The van der Waals surface area contributed by atoms with Crippen LogP contribution in [0.5, 0.6) is 0 Å². The largest absolute Gasteiger partial charge is 0.340 e. The number of benzene rings is 2. The van der Waals surface area contributed by atoms with Gasteiger partial charge in [-0.2, -0.15) is 0 Å². The lowest BCUT2D eigenvalue weighted by atomic mass is 10.2. The lowest BCUT2D eigenvalue weighted by molar-refractivity contribution is 0.599. The molecule has 0 saturated heterocycles. The zero-order valence-corrected chi connectivity index (χ0v) is 13.5. The number of hydrogen-bond acceptors (Lipinski definition) is 4. The molecule has 1 aliphatic heterocycles. The second-order valence-corrected chi connectivity index (χ2v) is 8.52. The fourth-order valence-corrected chi connectivity index (χ4v) is 4.26. The highest BCUT2D eigenvalue weighted by Crippen LogP contribution is 2.47. The van der Waals surface area contributed by atoms with Crippen LogP contribution in [-0.4, -0.2) is 27.0 Å². The molecule has 0 bridgehead atoms. The Kier molecular flexibility index (Phi) is 3.95. The molecule has 0 atom stereocenters. The molecule has 21 heavy (non-hydrogen) atoms. The number of nitrogens with zero attached hydrogens (tertiary/aromatic N) is 1. The van der Waals surface area contributed by atoms with Crippen LogP contribution in [0.15, 0.2) is 58.3 Å². The predicted octanol–water partition coefficient (Wildman–Crippen LogP) is 3.72. The zero-order valence-electron chi connectivity index (χ0n) is 11.8. The van der Waals surface area contributed by atoms with Crippen LogP contribution >= 0.6 is 11.8 Å². The number of hydrogen-bond donors (Lipinski definition) is 0. The van der Waals surface area contributed by atoms with E-state index in [0.29, 0.717) is 13.0 Å². The van der Waals surface area contributed by atoms with Gasteiger partial charge in [0.15, 0.2) is 0 Å². The maximum absolute atomic E-state index is 11.3. The van der Waals surface area contributed by atoms with Gasteiger partial charge in [-0.15, -0.1) is 0 Å². The average Bonchev–Trinajstić information content (AvgIpc) is 2.45. The third-order valence-electron chi connectivity index (χ3n) is 3.43. The second kappa shape index (κ2) is 5.73. The van der Waals surface area contributed by atoms with Crippen LogP contribution in [0.3, 0.4) is 0 Å². The van der Waals surface area contributed by atoms with E-state index in [9.17, 15) is 8.42 Å². The molecule has 0 spiro atoms. The van der Waals surface area contributed by atoms with Crippen molar-refractivity contribution < 1.29 is 8.42 Å². The minimum absolute atomic E-state index is 0.223. The monoisotopic (exact) mass is 319 g/mol. The molecular weight excluding hydrogens is 302 g/mol. The Morgan fingerprint density at radius 3 is 2.00 bits per heavy atom. The first-order valence-electron chi connectivity index (χ1n) is 6.86. The highest BCUT2D eigenvalue weighted by atomic mass is 32.2. The molecule has 0 N–H and O–H groups in total. The summed E-state index contributed by atoms with van der Waals surface area (Å²) in [7, 11) is -2.91. The number of anilines is 2. The minimum Gasteiger partial charge on any atom is -0.340 e. The smallest absolute Gasteiger partial charge is 0.147 e. The van der Waals surface area contributed by atoms with Crippen molar-refractivity contribution in [2.24, 2.45) is 0 Å². The van der Waals surface area contributed by atoms with Gasteiger partial charge in [0.1, 0.15) is 9.84 Å². The fourth-order valence-electron chi connectivity index (χ4n) is 2.51. The molecule has 1 aliphatic rings. The van der Waals surface area contributed by atoms with Crippen molar-refractivity contribution in [1.82, 2.24) is 0 Å². The molecule has 0 fully saturated rings. The Bertz CT molecular complexity index is 711. The molecule has 110 valence electrons. The molecule has 1 heterocycles. The summed E-state index contributed by atoms with van der Waals surface area (Å²) in [6.07, 6.45) is 1.92. The van der Waals surface area contributed by atoms with E-state index in [2.05, 4.69) is 29.2 Å². The van der Waals surface area contributed by atoms with Crippen molar-refractivity contribution in [2.45, 2.75) is 16.2 Å². The minimum atomic E-state index is -2.91. The van der Waals surface area contributed by atoms with E-state index >= 15 is 0 Å². The van der Waals surface area contributed by atoms with Crippen LogP contribution in [0, 0.1) is 0 Å². The molecule has 0 saturated carbocycles. The van der Waals surface area contributed by atoms with Crippen molar-refractivity contribution in [3.05, 3.63) is 48.5 Å². The molecule has 2 aromatic carbocycles. The van der Waals surface area contributed by atoms with Crippen molar-refractivity contribution in [3.8, 4) is 0 Å². The average molecular weight is 319 g/mol. The summed E-state index contributed by atoms with van der Waals surface area (Å²) >= 11 is 1.77. The van der Waals surface area contributed by atoms with Crippen molar-refractivity contribution in [1.29, 1.82) is 0 Å². The van der Waals surface area contributed by atoms with Crippen molar-refractivity contribution in [3.63, 3.8) is 0 Å². The van der Waals surface area contributed by atoms with Gasteiger partial charge >= 0.3 is 0 Å². The van der Waals surface area contributed by atoms with Crippen LogP contribution < -0.4 is 4.90 Å². The summed E-state index contributed by atoms with van der Waals surface area (Å²) < 4.78 is 22.7. The van der Waals surface area contributed by atoms with Gasteiger partial charge in [0.25, 0.3) is 0 Å². The summed E-state index contributed by atoms with van der Waals surface area (Å²) in [5.41, 5.74) is 2.32. The standard InChI is InChI=1S/C16H17NO2S2/c1-21(18,19)12-6-11-17-13-7-2-4-9-15(13)20-16-10-5-3-8-14(16)17/h2-5,7-10H,6,11-12H2,1H3. The second-order valence-electron chi connectivity index (χ2n) is 5.17. The SMILES string of the molecule is CS(=O)(=O)CCCN1c2ccccc2Sc2ccccc21. The fraction of sp³-hybridized carbons (Fsp3) is 0.250.